The van der Waals surface area contributed by atoms with Gasteiger partial charge in [0.15, 0.2) is 16.7 Å². The molecule has 18 heavy (non-hydrogen) atoms. The van der Waals surface area contributed by atoms with Gasteiger partial charge in [0, 0.05) is 0 Å². The fraction of sp³-hybridized carbons (Fsp3) is 0.545. The second-order valence-corrected chi connectivity index (χ2v) is 4.88. The van der Waals surface area contributed by atoms with Crippen LogP contribution in [0.1, 0.15) is 24.3 Å². The summed E-state index contributed by atoms with van der Waals surface area (Å²) in [5.74, 6) is -0.122. The van der Waals surface area contributed by atoms with E-state index in [1.807, 2.05) is 11.8 Å². The van der Waals surface area contributed by atoms with E-state index in [9.17, 15) is 9.90 Å². The number of β-amino-alcohol motifs (C(OH)–C–C–N with tert-alkyl or cyclic N) is 1. The summed E-state index contributed by atoms with van der Waals surface area (Å²) >= 11 is 5.99. The zero-order valence-electron chi connectivity index (χ0n) is 10.3. The molecule has 6 nitrogen and oxygen atoms in total. The number of hydrogen-bond donors (Lipinski definition) is 1. The average molecular weight is 272 g/mol. The lowest BCUT2D eigenvalue weighted by atomic mass is 9.87. The largest absolute Gasteiger partial charge is 0.464 e. The Morgan fingerprint density at radius 2 is 2.39 bits per heavy atom. The maximum absolute atomic E-state index is 11.3. The summed E-state index contributed by atoms with van der Waals surface area (Å²) in [5, 5.41) is 10.0. The van der Waals surface area contributed by atoms with E-state index in [2.05, 4.69) is 14.7 Å². The van der Waals surface area contributed by atoms with E-state index in [-0.39, 0.29) is 16.9 Å². The number of aromatic nitrogens is 2. The third kappa shape index (κ3) is 2.02. The molecule has 2 rings (SSSR count). The van der Waals surface area contributed by atoms with Crippen LogP contribution in [0.4, 0.5) is 5.82 Å². The Kier molecular flexibility index (Phi) is 3.16. The van der Waals surface area contributed by atoms with Gasteiger partial charge in [-0.25, -0.2) is 14.8 Å². The molecular weight excluding hydrogens is 258 g/mol. The van der Waals surface area contributed by atoms with Crippen LogP contribution in [-0.4, -0.2) is 46.3 Å². The van der Waals surface area contributed by atoms with Gasteiger partial charge in [0.1, 0.15) is 0 Å². The Labute approximate surface area is 110 Å². The second kappa shape index (κ2) is 4.37. The molecule has 0 aromatic carbocycles. The Morgan fingerprint density at radius 1 is 1.72 bits per heavy atom. The van der Waals surface area contributed by atoms with E-state index in [4.69, 9.17) is 11.6 Å². The zero-order valence-corrected chi connectivity index (χ0v) is 11.1. The number of anilines is 1. The van der Waals surface area contributed by atoms with Crippen molar-refractivity contribution in [1.82, 2.24) is 9.97 Å². The average Bonchev–Trinajstić information content (AvgIpc) is 2.35. The van der Waals surface area contributed by atoms with Gasteiger partial charge in [0.2, 0.25) is 0 Å². The van der Waals surface area contributed by atoms with Crippen molar-refractivity contribution in [2.75, 3.05) is 18.6 Å². The standard InChI is InChI=1S/C11H14ClN3O3/c1-6-11(2,17)5-15(6)9-8(12)14-7(4-13-9)10(16)18-3/h4,6,17H,5H2,1-3H3/t6-,11-/m1/s1. The number of methoxy groups -OCH3 is 1. The number of carbonyl (C=O) groups excluding carboxylic acids is 1. The minimum Gasteiger partial charge on any atom is -0.464 e. The fourth-order valence-electron chi connectivity index (χ4n) is 1.85. The first kappa shape index (κ1) is 13.0. The van der Waals surface area contributed by atoms with E-state index < -0.39 is 11.6 Å². The van der Waals surface area contributed by atoms with Crippen LogP contribution in [0, 0.1) is 0 Å². The summed E-state index contributed by atoms with van der Waals surface area (Å²) in [6.07, 6.45) is 1.31. The van der Waals surface area contributed by atoms with Crippen molar-refractivity contribution in [1.29, 1.82) is 0 Å². The van der Waals surface area contributed by atoms with Gasteiger partial charge in [0.05, 0.1) is 31.5 Å². The van der Waals surface area contributed by atoms with E-state index in [1.165, 1.54) is 13.3 Å². The van der Waals surface area contributed by atoms with E-state index >= 15 is 0 Å². The molecule has 0 unspecified atom stereocenters. The van der Waals surface area contributed by atoms with Gasteiger partial charge >= 0.3 is 5.97 Å². The number of ether oxygens (including phenoxy) is 1. The highest BCUT2D eigenvalue weighted by molar-refractivity contribution is 6.31. The van der Waals surface area contributed by atoms with Gasteiger partial charge in [-0.1, -0.05) is 11.6 Å². The first-order chi connectivity index (χ1) is 8.36. The van der Waals surface area contributed by atoms with Gasteiger partial charge in [-0.3, -0.25) is 0 Å². The van der Waals surface area contributed by atoms with Crippen LogP contribution in [0.25, 0.3) is 0 Å². The first-order valence-corrected chi connectivity index (χ1v) is 5.84. The number of halogens is 1. The lowest BCUT2D eigenvalue weighted by Gasteiger charge is -2.51. The summed E-state index contributed by atoms with van der Waals surface area (Å²) in [7, 11) is 1.26. The smallest absolute Gasteiger partial charge is 0.358 e. The topological polar surface area (TPSA) is 75.5 Å². The van der Waals surface area contributed by atoms with Crippen LogP contribution in [0.15, 0.2) is 6.20 Å². The first-order valence-electron chi connectivity index (χ1n) is 5.46. The fourth-order valence-corrected chi connectivity index (χ4v) is 2.10. The molecule has 2 atom stereocenters. The van der Waals surface area contributed by atoms with Crippen molar-refractivity contribution < 1.29 is 14.6 Å². The zero-order chi connectivity index (χ0) is 13.5. The molecule has 7 heteroatoms. The van der Waals surface area contributed by atoms with Crippen LogP contribution < -0.4 is 4.90 Å². The number of rotatable bonds is 2. The van der Waals surface area contributed by atoms with Crippen LogP contribution >= 0.6 is 11.6 Å². The van der Waals surface area contributed by atoms with Gasteiger partial charge in [0.25, 0.3) is 0 Å². The lowest BCUT2D eigenvalue weighted by Crippen LogP contribution is -2.67. The minimum absolute atomic E-state index is 0.0613. The highest BCUT2D eigenvalue weighted by atomic mass is 35.5. The van der Waals surface area contributed by atoms with Crippen molar-refractivity contribution >= 4 is 23.4 Å². The van der Waals surface area contributed by atoms with Crippen molar-refractivity contribution in [3.8, 4) is 0 Å². The van der Waals surface area contributed by atoms with E-state index in [0.717, 1.165) is 0 Å². The number of esters is 1. The van der Waals surface area contributed by atoms with Crippen LogP contribution in [0.5, 0.6) is 0 Å². The van der Waals surface area contributed by atoms with Crippen LogP contribution in [0.2, 0.25) is 5.15 Å². The van der Waals surface area contributed by atoms with E-state index in [0.29, 0.717) is 12.4 Å². The summed E-state index contributed by atoms with van der Waals surface area (Å²) in [6, 6.07) is -0.103. The molecule has 0 bridgehead atoms. The van der Waals surface area contributed by atoms with Gasteiger partial charge in [-0.15, -0.1) is 0 Å². The molecule has 1 N–H and O–H groups in total. The monoisotopic (exact) mass is 271 g/mol. The van der Waals surface area contributed by atoms with Gasteiger partial charge < -0.3 is 14.7 Å². The highest BCUT2D eigenvalue weighted by Gasteiger charge is 2.46. The summed E-state index contributed by atoms with van der Waals surface area (Å²) in [5.41, 5.74) is -0.697. The molecule has 98 valence electrons. The molecule has 0 aliphatic carbocycles. The Morgan fingerprint density at radius 3 is 2.83 bits per heavy atom. The predicted octanol–water partition coefficient (Wildman–Crippen LogP) is 0.876. The van der Waals surface area contributed by atoms with Gasteiger partial charge in [-0.05, 0) is 13.8 Å². The third-order valence-corrected chi connectivity index (χ3v) is 3.49. The molecule has 1 saturated heterocycles. The minimum atomic E-state index is -0.758. The highest BCUT2D eigenvalue weighted by Crippen LogP contribution is 2.35. The Hall–Kier alpha value is -1.40. The molecular formula is C11H14ClN3O3. The van der Waals surface area contributed by atoms with Crippen LogP contribution in [0.3, 0.4) is 0 Å². The molecule has 0 amide bonds. The van der Waals surface area contributed by atoms with E-state index in [1.54, 1.807) is 6.92 Å². The molecule has 0 spiro atoms. The molecule has 0 radical (unpaired) electrons. The summed E-state index contributed by atoms with van der Waals surface area (Å²) in [4.78, 5) is 21.1. The van der Waals surface area contributed by atoms with Crippen molar-refractivity contribution in [2.45, 2.75) is 25.5 Å². The molecule has 1 aliphatic heterocycles. The predicted molar refractivity (Wildman–Crippen MR) is 65.8 cm³/mol. The maximum atomic E-state index is 11.3. The van der Waals surface area contributed by atoms with Crippen molar-refractivity contribution in [3.63, 3.8) is 0 Å². The molecule has 1 aliphatic rings. The lowest BCUT2D eigenvalue weighted by molar-refractivity contribution is -0.00847. The SMILES string of the molecule is COC(=O)c1cnc(N2C[C@@](C)(O)[C@H]2C)c(Cl)n1. The molecule has 1 aromatic rings. The van der Waals surface area contributed by atoms with Gasteiger partial charge in [-0.2, -0.15) is 0 Å². The molecule has 1 fully saturated rings. The number of nitrogens with zero attached hydrogens (tertiary/aromatic N) is 3. The maximum Gasteiger partial charge on any atom is 0.358 e. The summed E-state index contributed by atoms with van der Waals surface area (Å²) in [6.45, 7) is 4.05. The van der Waals surface area contributed by atoms with Crippen molar-refractivity contribution in [3.05, 3.63) is 17.0 Å². The normalized spacial score (nSPS) is 26.7. The second-order valence-electron chi connectivity index (χ2n) is 4.52. The van der Waals surface area contributed by atoms with Crippen molar-refractivity contribution in [2.24, 2.45) is 0 Å². The number of aliphatic hydroxyl groups is 1. The number of carbonyl (C=O) groups is 1. The third-order valence-electron chi connectivity index (χ3n) is 3.24. The summed E-state index contributed by atoms with van der Waals surface area (Å²) < 4.78 is 4.53. The Bertz CT molecular complexity index is 492. The molecule has 2 heterocycles. The Balaban J connectivity index is 2.24. The molecule has 1 aromatic heterocycles. The quantitative estimate of drug-likeness (QED) is 0.805. The molecule has 0 saturated carbocycles. The number of hydrogen-bond acceptors (Lipinski definition) is 6. The van der Waals surface area contributed by atoms with Crippen LogP contribution in [-0.2, 0) is 4.74 Å².